The van der Waals surface area contributed by atoms with E-state index < -0.39 is 39.8 Å². The van der Waals surface area contributed by atoms with E-state index in [1.165, 1.54) is 23.5 Å². The second-order valence-electron chi connectivity index (χ2n) is 11.8. The van der Waals surface area contributed by atoms with Crippen LogP contribution >= 0.6 is 0 Å². The summed E-state index contributed by atoms with van der Waals surface area (Å²) in [4.78, 5) is 13.1. The number of nitrogens with zero attached hydrogens (tertiary/aromatic N) is 2. The Balaban J connectivity index is 1.56. The van der Waals surface area contributed by atoms with Crippen molar-refractivity contribution in [2.75, 3.05) is 33.4 Å². The quantitative estimate of drug-likeness (QED) is 0.326. The SMILES string of the molecule is COc1ccc(S(=O)(=O)N(C[C@@H](O)[C@H](Cc2ccccc2)NC(=O)O[C@@H]2CO[C@H]3OCC[C@H]32)CC(C)(C)CCC#N)cc1. The summed E-state index contributed by atoms with van der Waals surface area (Å²) in [6, 6.07) is 16.6. The number of nitriles is 1. The fourth-order valence-corrected chi connectivity index (χ4v) is 7.10. The number of methoxy groups -OCH3 is 1. The van der Waals surface area contributed by atoms with Gasteiger partial charge in [-0.2, -0.15) is 9.57 Å². The monoisotopic (exact) mass is 615 g/mol. The topological polar surface area (TPSA) is 147 Å². The van der Waals surface area contributed by atoms with Crippen LogP contribution in [0.25, 0.3) is 0 Å². The van der Waals surface area contributed by atoms with Gasteiger partial charge in [0.2, 0.25) is 10.0 Å². The number of carbonyl (C=O) groups excluding carboxylic acids is 1. The molecule has 0 aromatic heterocycles. The van der Waals surface area contributed by atoms with Crippen molar-refractivity contribution < 1.29 is 37.3 Å². The second kappa shape index (κ2) is 14.5. The molecule has 12 heteroatoms. The van der Waals surface area contributed by atoms with Gasteiger partial charge in [0.25, 0.3) is 0 Å². The van der Waals surface area contributed by atoms with E-state index in [2.05, 4.69) is 11.4 Å². The fraction of sp³-hybridized carbons (Fsp3) is 0.548. The van der Waals surface area contributed by atoms with Gasteiger partial charge in [0.05, 0.1) is 49.4 Å². The van der Waals surface area contributed by atoms with Crippen LogP contribution in [0.4, 0.5) is 4.79 Å². The zero-order chi connectivity index (χ0) is 31.0. The van der Waals surface area contributed by atoms with Gasteiger partial charge in [-0.3, -0.25) is 0 Å². The highest BCUT2D eigenvalue weighted by Crippen LogP contribution is 2.33. The van der Waals surface area contributed by atoms with E-state index in [9.17, 15) is 18.3 Å². The van der Waals surface area contributed by atoms with Gasteiger partial charge in [0.15, 0.2) is 6.29 Å². The Bertz CT molecular complexity index is 1350. The maximum Gasteiger partial charge on any atom is 0.407 e. The summed E-state index contributed by atoms with van der Waals surface area (Å²) in [5, 5.41) is 23.5. The number of hydrogen-bond acceptors (Lipinski definition) is 9. The first-order valence-corrected chi connectivity index (χ1v) is 15.9. The van der Waals surface area contributed by atoms with Crippen molar-refractivity contribution in [1.29, 1.82) is 5.26 Å². The molecule has 2 aromatic carbocycles. The number of carbonyl (C=O) groups is 1. The Hall–Kier alpha value is -3.21. The van der Waals surface area contributed by atoms with Crippen LogP contribution in [-0.2, 0) is 30.7 Å². The van der Waals surface area contributed by atoms with Crippen LogP contribution in [-0.4, -0.2) is 81.9 Å². The van der Waals surface area contributed by atoms with E-state index in [0.29, 0.717) is 18.8 Å². The molecule has 234 valence electrons. The molecule has 0 unspecified atom stereocenters. The van der Waals surface area contributed by atoms with Crippen molar-refractivity contribution in [3.8, 4) is 11.8 Å². The van der Waals surface area contributed by atoms with Crippen molar-refractivity contribution in [2.24, 2.45) is 11.3 Å². The predicted octanol–water partition coefficient (Wildman–Crippen LogP) is 3.48. The highest BCUT2D eigenvalue weighted by molar-refractivity contribution is 7.89. The number of sulfonamides is 1. The minimum atomic E-state index is -4.08. The smallest absolute Gasteiger partial charge is 0.407 e. The summed E-state index contributed by atoms with van der Waals surface area (Å²) in [5.41, 5.74) is 0.276. The van der Waals surface area contributed by atoms with Gasteiger partial charge in [-0.1, -0.05) is 44.2 Å². The molecule has 11 nitrogen and oxygen atoms in total. The Morgan fingerprint density at radius 2 is 1.91 bits per heavy atom. The van der Waals surface area contributed by atoms with Crippen molar-refractivity contribution >= 4 is 16.1 Å². The lowest BCUT2D eigenvalue weighted by Gasteiger charge is -2.35. The number of amides is 1. The molecule has 0 bridgehead atoms. The molecule has 2 aliphatic heterocycles. The number of alkyl carbamates (subject to hydrolysis) is 1. The van der Waals surface area contributed by atoms with Crippen LogP contribution in [0.1, 0.15) is 38.7 Å². The van der Waals surface area contributed by atoms with E-state index in [0.717, 1.165) is 12.0 Å². The zero-order valence-electron chi connectivity index (χ0n) is 24.8. The van der Waals surface area contributed by atoms with Crippen LogP contribution in [0.15, 0.2) is 59.5 Å². The van der Waals surface area contributed by atoms with Gasteiger partial charge in [-0.15, -0.1) is 0 Å². The Morgan fingerprint density at radius 3 is 2.58 bits per heavy atom. The lowest BCUT2D eigenvalue weighted by Crippen LogP contribution is -2.52. The van der Waals surface area contributed by atoms with E-state index in [4.69, 9.17) is 24.2 Å². The Kier molecular flexibility index (Phi) is 11.0. The molecular weight excluding hydrogens is 574 g/mol. The molecule has 4 rings (SSSR count). The average Bonchev–Trinajstić information content (AvgIpc) is 3.61. The van der Waals surface area contributed by atoms with Gasteiger partial charge < -0.3 is 29.4 Å². The average molecular weight is 616 g/mol. The predicted molar refractivity (Wildman–Crippen MR) is 158 cm³/mol. The maximum absolute atomic E-state index is 13.9. The first-order chi connectivity index (χ1) is 20.5. The number of benzene rings is 2. The molecule has 2 fully saturated rings. The van der Waals surface area contributed by atoms with Crippen LogP contribution in [0.5, 0.6) is 5.75 Å². The molecule has 0 saturated carbocycles. The van der Waals surface area contributed by atoms with Crippen molar-refractivity contribution in [3.63, 3.8) is 0 Å². The molecule has 2 aromatic rings. The van der Waals surface area contributed by atoms with Crippen LogP contribution in [0.2, 0.25) is 0 Å². The second-order valence-corrected chi connectivity index (χ2v) is 13.7. The van der Waals surface area contributed by atoms with E-state index in [1.54, 1.807) is 12.1 Å². The van der Waals surface area contributed by atoms with E-state index in [1.807, 2.05) is 44.2 Å². The first kappa shape index (κ1) is 32.7. The normalized spacial score (nSPS) is 21.5. The van der Waals surface area contributed by atoms with Gasteiger partial charge >= 0.3 is 6.09 Å². The molecule has 2 aliphatic rings. The van der Waals surface area contributed by atoms with Crippen molar-refractivity contribution in [1.82, 2.24) is 9.62 Å². The summed E-state index contributed by atoms with van der Waals surface area (Å²) in [6.45, 7) is 4.27. The van der Waals surface area contributed by atoms with E-state index in [-0.39, 0.29) is 49.6 Å². The molecule has 0 aliphatic carbocycles. The first-order valence-electron chi connectivity index (χ1n) is 14.5. The molecule has 2 N–H and O–H groups in total. The Morgan fingerprint density at radius 1 is 1.19 bits per heavy atom. The van der Waals surface area contributed by atoms with Crippen LogP contribution < -0.4 is 10.1 Å². The van der Waals surface area contributed by atoms with Gasteiger partial charge in [-0.05, 0) is 54.5 Å². The molecule has 2 heterocycles. The molecule has 2 saturated heterocycles. The fourth-order valence-electron chi connectivity index (χ4n) is 5.45. The van der Waals surface area contributed by atoms with Crippen LogP contribution in [0, 0.1) is 22.7 Å². The van der Waals surface area contributed by atoms with E-state index >= 15 is 0 Å². The molecule has 1 amide bonds. The van der Waals surface area contributed by atoms with Crippen molar-refractivity contribution in [2.45, 2.75) is 69.0 Å². The number of hydrogen-bond donors (Lipinski definition) is 2. The summed E-state index contributed by atoms with van der Waals surface area (Å²) in [5.74, 6) is 0.456. The van der Waals surface area contributed by atoms with Crippen molar-refractivity contribution in [3.05, 3.63) is 60.2 Å². The highest BCUT2D eigenvalue weighted by Gasteiger charge is 2.44. The minimum absolute atomic E-state index is 0.0399. The zero-order valence-corrected chi connectivity index (χ0v) is 25.7. The van der Waals surface area contributed by atoms with Gasteiger partial charge in [0, 0.05) is 19.5 Å². The van der Waals surface area contributed by atoms with Crippen LogP contribution in [0.3, 0.4) is 0 Å². The molecule has 43 heavy (non-hydrogen) atoms. The molecule has 0 spiro atoms. The third-order valence-electron chi connectivity index (χ3n) is 7.92. The number of fused-ring (bicyclic) bond motifs is 1. The number of rotatable bonds is 14. The molecule has 5 atom stereocenters. The summed E-state index contributed by atoms with van der Waals surface area (Å²) >= 11 is 0. The highest BCUT2D eigenvalue weighted by atomic mass is 32.2. The summed E-state index contributed by atoms with van der Waals surface area (Å²) in [6.07, 6.45) is -1.20. The molecule has 0 radical (unpaired) electrons. The lowest BCUT2D eigenvalue weighted by atomic mass is 9.88. The summed E-state index contributed by atoms with van der Waals surface area (Å²) < 4.78 is 51.1. The largest absolute Gasteiger partial charge is 0.497 e. The van der Waals surface area contributed by atoms with Gasteiger partial charge in [-0.25, -0.2) is 13.2 Å². The van der Waals surface area contributed by atoms with Gasteiger partial charge in [0.1, 0.15) is 11.9 Å². The number of ether oxygens (including phenoxy) is 4. The molecular formula is C31H41N3O8S. The summed E-state index contributed by atoms with van der Waals surface area (Å²) in [7, 11) is -2.59. The minimum Gasteiger partial charge on any atom is -0.497 e. The number of nitrogens with one attached hydrogen (secondary N) is 1. The number of aliphatic hydroxyl groups is 1. The third kappa shape index (κ3) is 8.68. The Labute approximate surface area is 253 Å². The third-order valence-corrected chi connectivity index (χ3v) is 9.74. The number of aliphatic hydroxyl groups excluding tert-OH is 1. The lowest BCUT2D eigenvalue weighted by molar-refractivity contribution is -0.0907. The standard InChI is InChI=1S/C31H41N3O8S/c1-31(2,15-7-16-32)21-34(43(37,38)24-12-10-23(39-3)11-13-24)19-27(35)26(18-22-8-5-4-6-9-22)33-30(36)42-28-20-41-29-25(28)14-17-40-29/h4-6,8-13,25-29,35H,7,14-15,17-21H2,1-3H3,(H,33,36)/t25-,26-,27+,28+,29+/m0/s1. The maximum atomic E-state index is 13.9.